The lowest BCUT2D eigenvalue weighted by atomic mass is 10.1. The normalized spacial score (nSPS) is 12.2. The molecule has 0 fully saturated rings. The number of hydrogen-bond acceptors (Lipinski definition) is 5. The summed E-state index contributed by atoms with van der Waals surface area (Å²) < 4.78 is 5.01. The Hall–Kier alpha value is -1.66. The van der Waals surface area contributed by atoms with Crippen molar-refractivity contribution < 1.29 is 14.8 Å². The number of rotatable bonds is 7. The number of hydrogen-bond donors (Lipinski definition) is 2. The summed E-state index contributed by atoms with van der Waals surface area (Å²) in [7, 11) is 1.55. The third-order valence-corrected chi connectivity index (χ3v) is 2.55. The van der Waals surface area contributed by atoms with Crippen molar-refractivity contribution in [3.63, 3.8) is 0 Å². The number of aliphatic hydroxyl groups is 1. The van der Waals surface area contributed by atoms with E-state index in [1.807, 2.05) is 0 Å². The Labute approximate surface area is 106 Å². The van der Waals surface area contributed by atoms with Crippen molar-refractivity contribution in [2.75, 3.05) is 25.6 Å². The van der Waals surface area contributed by atoms with Crippen LogP contribution in [0.4, 0.5) is 11.4 Å². The minimum Gasteiger partial charge on any atom is -0.396 e. The van der Waals surface area contributed by atoms with Gasteiger partial charge in [-0.2, -0.15) is 0 Å². The van der Waals surface area contributed by atoms with Gasteiger partial charge in [0.1, 0.15) is 5.69 Å². The predicted octanol–water partition coefficient (Wildman–Crippen LogP) is 1.71. The number of nitrogens with one attached hydrogen (secondary N) is 1. The van der Waals surface area contributed by atoms with Gasteiger partial charge >= 0.3 is 0 Å². The second kappa shape index (κ2) is 6.93. The number of aliphatic hydroxyl groups excluding tert-OH is 1. The van der Waals surface area contributed by atoms with E-state index in [2.05, 4.69) is 5.32 Å². The smallest absolute Gasteiger partial charge is 0.292 e. The molecule has 1 atom stereocenters. The SMILES string of the molecule is COCC(CCO)Nc1ccc(C)cc1[N+](=O)[O-]. The molecule has 0 aliphatic rings. The zero-order chi connectivity index (χ0) is 13.5. The maximum Gasteiger partial charge on any atom is 0.292 e. The topological polar surface area (TPSA) is 84.6 Å². The summed E-state index contributed by atoms with van der Waals surface area (Å²) in [4.78, 5) is 10.5. The van der Waals surface area contributed by atoms with Crippen molar-refractivity contribution in [2.24, 2.45) is 0 Å². The first-order chi connectivity index (χ1) is 8.58. The third kappa shape index (κ3) is 3.97. The first-order valence-corrected chi connectivity index (χ1v) is 5.70. The molecule has 2 N–H and O–H groups in total. The number of methoxy groups -OCH3 is 1. The van der Waals surface area contributed by atoms with Gasteiger partial charge in [-0.3, -0.25) is 10.1 Å². The maximum atomic E-state index is 11.0. The minimum absolute atomic E-state index is 0.000680. The Morgan fingerprint density at radius 3 is 2.83 bits per heavy atom. The molecule has 0 heterocycles. The van der Waals surface area contributed by atoms with Gasteiger partial charge in [0.05, 0.1) is 17.6 Å². The fourth-order valence-corrected chi connectivity index (χ4v) is 1.69. The lowest BCUT2D eigenvalue weighted by molar-refractivity contribution is -0.384. The van der Waals surface area contributed by atoms with Crippen molar-refractivity contribution in [3.05, 3.63) is 33.9 Å². The molecule has 0 aliphatic heterocycles. The summed E-state index contributed by atoms with van der Waals surface area (Å²) in [6.45, 7) is 2.18. The zero-order valence-electron chi connectivity index (χ0n) is 10.5. The molecule has 0 amide bonds. The molecular formula is C12H18N2O4. The van der Waals surface area contributed by atoms with Gasteiger partial charge in [0.2, 0.25) is 0 Å². The number of nitro benzene ring substituents is 1. The second-order valence-electron chi connectivity index (χ2n) is 4.09. The molecule has 0 radical (unpaired) electrons. The lowest BCUT2D eigenvalue weighted by Gasteiger charge is -2.18. The van der Waals surface area contributed by atoms with E-state index in [-0.39, 0.29) is 18.3 Å². The van der Waals surface area contributed by atoms with E-state index >= 15 is 0 Å². The van der Waals surface area contributed by atoms with E-state index in [1.54, 1.807) is 26.2 Å². The fraction of sp³-hybridized carbons (Fsp3) is 0.500. The van der Waals surface area contributed by atoms with Gasteiger partial charge in [-0.1, -0.05) is 6.07 Å². The van der Waals surface area contributed by atoms with Crippen LogP contribution >= 0.6 is 0 Å². The fourth-order valence-electron chi connectivity index (χ4n) is 1.69. The Kier molecular flexibility index (Phi) is 5.54. The van der Waals surface area contributed by atoms with Crippen molar-refractivity contribution in [1.29, 1.82) is 0 Å². The average Bonchev–Trinajstić information content (AvgIpc) is 2.32. The average molecular weight is 254 g/mol. The van der Waals surface area contributed by atoms with Crippen molar-refractivity contribution >= 4 is 11.4 Å². The molecule has 1 aromatic carbocycles. The van der Waals surface area contributed by atoms with Crippen LogP contribution < -0.4 is 5.32 Å². The number of anilines is 1. The number of nitro groups is 1. The summed E-state index contributed by atoms with van der Waals surface area (Å²) in [5.74, 6) is 0. The molecule has 1 rings (SSSR count). The third-order valence-electron chi connectivity index (χ3n) is 2.55. The van der Waals surface area contributed by atoms with Crippen LogP contribution in [0.1, 0.15) is 12.0 Å². The quantitative estimate of drug-likeness (QED) is 0.571. The molecule has 1 aromatic rings. The van der Waals surface area contributed by atoms with E-state index < -0.39 is 4.92 Å². The molecule has 0 saturated heterocycles. The van der Waals surface area contributed by atoms with Gasteiger partial charge in [0.15, 0.2) is 0 Å². The first-order valence-electron chi connectivity index (χ1n) is 5.70. The molecule has 18 heavy (non-hydrogen) atoms. The summed E-state index contributed by atoms with van der Waals surface area (Å²) >= 11 is 0. The summed E-state index contributed by atoms with van der Waals surface area (Å²) in [6, 6.07) is 4.85. The lowest BCUT2D eigenvalue weighted by Crippen LogP contribution is -2.26. The Balaban J connectivity index is 2.90. The summed E-state index contributed by atoms with van der Waals surface area (Å²) in [5, 5.41) is 22.9. The zero-order valence-corrected chi connectivity index (χ0v) is 10.5. The highest BCUT2D eigenvalue weighted by Gasteiger charge is 2.17. The van der Waals surface area contributed by atoms with E-state index in [9.17, 15) is 10.1 Å². The van der Waals surface area contributed by atoms with Crippen LogP contribution in [0.3, 0.4) is 0 Å². The van der Waals surface area contributed by atoms with E-state index in [1.165, 1.54) is 6.07 Å². The minimum atomic E-state index is -0.419. The summed E-state index contributed by atoms with van der Waals surface area (Å²) in [5.41, 5.74) is 1.31. The van der Waals surface area contributed by atoms with Crippen molar-refractivity contribution in [1.82, 2.24) is 0 Å². The highest BCUT2D eigenvalue weighted by atomic mass is 16.6. The second-order valence-corrected chi connectivity index (χ2v) is 4.09. The molecule has 0 spiro atoms. The highest BCUT2D eigenvalue weighted by molar-refractivity contribution is 5.62. The van der Waals surface area contributed by atoms with Crippen LogP contribution in [0.5, 0.6) is 0 Å². The van der Waals surface area contributed by atoms with Gasteiger partial charge in [0.25, 0.3) is 5.69 Å². The van der Waals surface area contributed by atoms with Crippen molar-refractivity contribution in [2.45, 2.75) is 19.4 Å². The van der Waals surface area contributed by atoms with E-state index in [0.29, 0.717) is 18.7 Å². The van der Waals surface area contributed by atoms with Crippen LogP contribution in [-0.2, 0) is 4.74 Å². The molecule has 0 bridgehead atoms. The van der Waals surface area contributed by atoms with Crippen LogP contribution in [0, 0.1) is 17.0 Å². The number of ether oxygens (including phenoxy) is 1. The highest BCUT2D eigenvalue weighted by Crippen LogP contribution is 2.26. The van der Waals surface area contributed by atoms with Gasteiger partial charge in [-0.15, -0.1) is 0 Å². The maximum absolute atomic E-state index is 11.0. The number of aryl methyl sites for hydroxylation is 1. The van der Waals surface area contributed by atoms with Crippen LogP contribution in [0.15, 0.2) is 18.2 Å². The van der Waals surface area contributed by atoms with Crippen LogP contribution in [-0.4, -0.2) is 36.4 Å². The molecule has 0 aromatic heterocycles. The van der Waals surface area contributed by atoms with Gasteiger partial charge in [-0.05, 0) is 25.0 Å². The Morgan fingerprint density at radius 2 is 2.28 bits per heavy atom. The molecule has 0 saturated carbocycles. The van der Waals surface area contributed by atoms with Gasteiger partial charge in [0, 0.05) is 19.8 Å². The largest absolute Gasteiger partial charge is 0.396 e. The molecule has 0 aliphatic carbocycles. The number of benzene rings is 1. The molecule has 100 valence electrons. The molecular weight excluding hydrogens is 236 g/mol. The predicted molar refractivity (Wildman–Crippen MR) is 68.8 cm³/mol. The standard InChI is InChI=1S/C12H18N2O4/c1-9-3-4-11(12(7-9)14(16)17)13-10(5-6-15)8-18-2/h3-4,7,10,13,15H,5-6,8H2,1-2H3. The van der Waals surface area contributed by atoms with Crippen LogP contribution in [0.25, 0.3) is 0 Å². The summed E-state index contributed by atoms with van der Waals surface area (Å²) in [6.07, 6.45) is 0.471. The van der Waals surface area contributed by atoms with Crippen LogP contribution in [0.2, 0.25) is 0 Å². The molecule has 6 heteroatoms. The van der Waals surface area contributed by atoms with Crippen molar-refractivity contribution in [3.8, 4) is 0 Å². The van der Waals surface area contributed by atoms with Gasteiger partial charge in [-0.25, -0.2) is 0 Å². The Bertz CT molecular complexity index is 403. The van der Waals surface area contributed by atoms with E-state index in [4.69, 9.17) is 9.84 Å². The molecule has 6 nitrogen and oxygen atoms in total. The van der Waals surface area contributed by atoms with E-state index in [0.717, 1.165) is 5.56 Å². The monoisotopic (exact) mass is 254 g/mol. The Morgan fingerprint density at radius 1 is 1.56 bits per heavy atom. The molecule has 1 unspecified atom stereocenters. The first kappa shape index (κ1) is 14.4. The van der Waals surface area contributed by atoms with Gasteiger partial charge < -0.3 is 15.2 Å². The number of nitrogens with zero attached hydrogens (tertiary/aromatic N) is 1.